The largest absolute Gasteiger partial charge is 0.543 e. The lowest BCUT2D eigenvalue weighted by molar-refractivity contribution is -0.255. The van der Waals surface area contributed by atoms with Gasteiger partial charge >= 0.3 is 0 Å². The summed E-state index contributed by atoms with van der Waals surface area (Å²) in [6.45, 7) is 3.41. The van der Waals surface area contributed by atoms with E-state index in [0.29, 0.717) is 0 Å². The second kappa shape index (κ2) is 6.38. The van der Waals surface area contributed by atoms with Gasteiger partial charge in [-0.3, -0.25) is 9.59 Å². The molecule has 1 N–H and O–H groups in total. The third-order valence-electron chi connectivity index (χ3n) is 3.37. The van der Waals surface area contributed by atoms with Crippen LogP contribution in [0.3, 0.4) is 0 Å². The second-order valence-corrected chi connectivity index (χ2v) is 5.02. The minimum absolute atomic E-state index is 0.0377. The minimum atomic E-state index is -1.49. The van der Waals surface area contributed by atoms with Crippen molar-refractivity contribution in [1.29, 1.82) is 0 Å². The molecule has 0 fully saturated rings. The van der Waals surface area contributed by atoms with Gasteiger partial charge in [0.1, 0.15) is 12.2 Å². The Bertz CT molecular complexity index is 782. The van der Waals surface area contributed by atoms with E-state index in [9.17, 15) is 19.5 Å². The van der Waals surface area contributed by atoms with Crippen LogP contribution in [0.2, 0.25) is 0 Å². The van der Waals surface area contributed by atoms with Crippen LogP contribution in [0.15, 0.2) is 29.1 Å². The zero-order chi connectivity index (χ0) is 16.3. The second-order valence-electron chi connectivity index (χ2n) is 5.02. The Balaban J connectivity index is 2.46. The number of nitrogens with zero attached hydrogens (tertiary/aromatic N) is 2. The first-order valence-electron chi connectivity index (χ1n) is 6.94. The first-order chi connectivity index (χ1) is 10.4. The van der Waals surface area contributed by atoms with Gasteiger partial charge in [-0.25, -0.2) is 4.68 Å². The van der Waals surface area contributed by atoms with Crippen molar-refractivity contribution in [2.75, 3.05) is 0 Å². The van der Waals surface area contributed by atoms with Gasteiger partial charge in [-0.1, -0.05) is 25.1 Å². The van der Waals surface area contributed by atoms with Gasteiger partial charge in [0, 0.05) is 11.4 Å². The number of fused-ring (bicyclic) bond motifs is 1. The highest BCUT2D eigenvalue weighted by Crippen LogP contribution is 2.12. The van der Waals surface area contributed by atoms with Gasteiger partial charge in [0.2, 0.25) is 5.91 Å². The Labute approximate surface area is 126 Å². The average Bonchev–Trinajstić information content (AvgIpc) is 2.49. The number of rotatable bonds is 5. The molecule has 7 nitrogen and oxygen atoms in total. The molecule has 1 heterocycles. The van der Waals surface area contributed by atoms with Crippen molar-refractivity contribution >= 4 is 22.6 Å². The molecule has 116 valence electrons. The Morgan fingerprint density at radius 1 is 1.32 bits per heavy atom. The van der Waals surface area contributed by atoms with Crippen LogP contribution in [0.25, 0.3) is 10.8 Å². The van der Waals surface area contributed by atoms with Crippen molar-refractivity contribution < 1.29 is 14.7 Å². The molecule has 0 aliphatic carbocycles. The van der Waals surface area contributed by atoms with Crippen molar-refractivity contribution in [3.8, 4) is 0 Å². The highest BCUT2D eigenvalue weighted by molar-refractivity contribution is 6.00. The lowest BCUT2D eigenvalue weighted by Crippen LogP contribution is -2.39. The molecule has 0 unspecified atom stereocenters. The summed E-state index contributed by atoms with van der Waals surface area (Å²) < 4.78 is 0.852. The average molecular weight is 302 g/mol. The van der Waals surface area contributed by atoms with Crippen LogP contribution in [-0.2, 0) is 11.3 Å². The van der Waals surface area contributed by atoms with Crippen LogP contribution < -0.4 is 16.0 Å². The first kappa shape index (κ1) is 15.7. The maximum Gasteiger partial charge on any atom is 0.275 e. The lowest BCUT2D eigenvalue weighted by Gasteiger charge is -2.14. The van der Waals surface area contributed by atoms with E-state index in [0.717, 1.165) is 11.1 Å². The third kappa shape index (κ3) is 3.13. The number of carbonyl (C=O) groups excluding carboxylic acids is 2. The van der Waals surface area contributed by atoms with Crippen LogP contribution in [0, 0.1) is 0 Å². The molecule has 1 amide bonds. The molecule has 0 aliphatic heterocycles. The van der Waals surface area contributed by atoms with Crippen molar-refractivity contribution in [3.63, 3.8) is 0 Å². The number of aromatic nitrogens is 2. The summed E-state index contributed by atoms with van der Waals surface area (Å²) in [6, 6.07) is 6.17. The van der Waals surface area contributed by atoms with E-state index in [-0.39, 0.29) is 29.1 Å². The summed E-state index contributed by atoms with van der Waals surface area (Å²) in [5.41, 5.74) is -0.869. The number of carboxylic acids is 1. The van der Waals surface area contributed by atoms with Crippen LogP contribution in [0.4, 0.5) is 0 Å². The molecular formula is C15H16N3O4-. The monoisotopic (exact) mass is 302 g/mol. The summed E-state index contributed by atoms with van der Waals surface area (Å²) in [5.74, 6) is -1.89. The van der Waals surface area contributed by atoms with E-state index in [2.05, 4.69) is 10.4 Å². The van der Waals surface area contributed by atoms with Gasteiger partial charge in [-0.15, -0.1) is 0 Å². The fourth-order valence-corrected chi connectivity index (χ4v) is 2.05. The fraction of sp³-hybridized carbons (Fsp3) is 0.333. The van der Waals surface area contributed by atoms with E-state index < -0.39 is 17.4 Å². The van der Waals surface area contributed by atoms with Crippen LogP contribution in [0.5, 0.6) is 0 Å². The minimum Gasteiger partial charge on any atom is -0.543 e. The molecule has 0 saturated heterocycles. The zero-order valence-electron chi connectivity index (χ0n) is 12.3. The molecule has 0 spiro atoms. The molecule has 0 aliphatic rings. The number of carboxylic acid groups (broad SMARTS) is 1. The van der Waals surface area contributed by atoms with Gasteiger partial charge in [-0.05, 0) is 19.4 Å². The van der Waals surface area contributed by atoms with Crippen LogP contribution in [-0.4, -0.2) is 27.7 Å². The number of amides is 1. The maximum atomic E-state index is 12.3. The lowest BCUT2D eigenvalue weighted by atomic mass is 10.1. The topological polar surface area (TPSA) is 104 Å². The van der Waals surface area contributed by atoms with Crippen molar-refractivity contribution in [2.45, 2.75) is 32.9 Å². The van der Waals surface area contributed by atoms with E-state index in [1.807, 2.05) is 13.8 Å². The predicted octanol–water partition coefficient (Wildman–Crippen LogP) is -0.325. The smallest absolute Gasteiger partial charge is 0.275 e. The van der Waals surface area contributed by atoms with Gasteiger partial charge in [0.15, 0.2) is 0 Å². The first-order valence-corrected chi connectivity index (χ1v) is 6.94. The van der Waals surface area contributed by atoms with E-state index in [1.54, 1.807) is 12.1 Å². The number of benzene rings is 1. The normalized spacial score (nSPS) is 12.1. The number of hydrogen-bond acceptors (Lipinski definition) is 5. The molecular weight excluding hydrogens is 286 g/mol. The summed E-state index contributed by atoms with van der Waals surface area (Å²) >= 11 is 0. The van der Waals surface area contributed by atoms with Gasteiger partial charge in [-0.2, -0.15) is 5.10 Å². The number of aromatic carboxylic acids is 1. The molecule has 1 aromatic carbocycles. The van der Waals surface area contributed by atoms with E-state index >= 15 is 0 Å². The standard InChI is InChI=1S/C15H17N3O4/c1-3-9(2)16-12(19)8-18-14(20)11-7-5-4-6-10(11)13(17-18)15(21)22/h4-7,9H,3,8H2,1-2H3,(H,16,19)(H,21,22)/p-1/t9-/m0/s1. The molecule has 22 heavy (non-hydrogen) atoms. The Hall–Kier alpha value is -2.70. The van der Waals surface area contributed by atoms with Gasteiger partial charge in [0.25, 0.3) is 5.56 Å². The SMILES string of the molecule is CC[C@H](C)NC(=O)Cn1nc(C(=O)[O-])c2ccccc2c1=O. The quantitative estimate of drug-likeness (QED) is 0.814. The summed E-state index contributed by atoms with van der Waals surface area (Å²) in [7, 11) is 0. The van der Waals surface area contributed by atoms with E-state index in [1.165, 1.54) is 12.1 Å². The van der Waals surface area contributed by atoms with E-state index in [4.69, 9.17) is 0 Å². The molecule has 7 heteroatoms. The summed E-state index contributed by atoms with van der Waals surface area (Å²) in [4.78, 5) is 35.4. The predicted molar refractivity (Wildman–Crippen MR) is 78.2 cm³/mol. The van der Waals surface area contributed by atoms with Crippen molar-refractivity contribution in [2.24, 2.45) is 0 Å². The fourth-order valence-electron chi connectivity index (χ4n) is 2.05. The Morgan fingerprint density at radius 3 is 2.55 bits per heavy atom. The molecule has 2 rings (SSSR count). The van der Waals surface area contributed by atoms with Crippen LogP contribution in [0.1, 0.15) is 30.8 Å². The maximum absolute atomic E-state index is 12.3. The molecule has 2 aromatic rings. The number of hydrogen-bond donors (Lipinski definition) is 1. The zero-order valence-corrected chi connectivity index (χ0v) is 12.3. The highest BCUT2D eigenvalue weighted by atomic mass is 16.4. The molecule has 1 aromatic heterocycles. The number of nitrogens with one attached hydrogen (secondary N) is 1. The van der Waals surface area contributed by atoms with Crippen LogP contribution >= 0.6 is 0 Å². The molecule has 0 radical (unpaired) electrons. The molecule has 0 bridgehead atoms. The highest BCUT2D eigenvalue weighted by Gasteiger charge is 2.14. The van der Waals surface area contributed by atoms with Crippen molar-refractivity contribution in [3.05, 3.63) is 40.3 Å². The summed E-state index contributed by atoms with van der Waals surface area (Å²) in [5, 5.41) is 18.0. The van der Waals surface area contributed by atoms with Gasteiger partial charge in [0.05, 0.1) is 11.4 Å². The van der Waals surface area contributed by atoms with Crippen molar-refractivity contribution in [1.82, 2.24) is 15.1 Å². The summed E-state index contributed by atoms with van der Waals surface area (Å²) in [6.07, 6.45) is 0.746. The molecule has 0 saturated carbocycles. The molecule has 1 atom stereocenters. The third-order valence-corrected chi connectivity index (χ3v) is 3.37. The number of carbonyl (C=O) groups is 2. The van der Waals surface area contributed by atoms with Gasteiger partial charge < -0.3 is 15.2 Å². The Kier molecular flexibility index (Phi) is 4.55. The Morgan fingerprint density at radius 2 is 1.95 bits per heavy atom.